The lowest BCUT2D eigenvalue weighted by Crippen LogP contribution is -2.36. The first-order chi connectivity index (χ1) is 7.68. The Hall–Kier alpha value is -0.870. The van der Waals surface area contributed by atoms with E-state index in [1.165, 1.54) is 0 Å². The Morgan fingerprint density at radius 1 is 1.38 bits per heavy atom. The van der Waals surface area contributed by atoms with Gasteiger partial charge in [-0.05, 0) is 41.1 Å². The van der Waals surface area contributed by atoms with Crippen LogP contribution in [-0.2, 0) is 4.74 Å². The van der Waals surface area contributed by atoms with E-state index in [1.54, 1.807) is 6.92 Å². The van der Waals surface area contributed by atoms with Gasteiger partial charge in [-0.25, -0.2) is 0 Å². The van der Waals surface area contributed by atoms with Crippen LogP contribution in [0.4, 0.5) is 5.69 Å². The van der Waals surface area contributed by atoms with Crippen molar-refractivity contribution in [3.05, 3.63) is 28.2 Å². The number of carbonyl (C=O) groups is 1. The number of hydrogen-bond donors (Lipinski definition) is 0. The highest BCUT2D eigenvalue weighted by molar-refractivity contribution is 9.10. The summed E-state index contributed by atoms with van der Waals surface area (Å²) in [5.41, 5.74) is 1.87. The van der Waals surface area contributed by atoms with Crippen molar-refractivity contribution in [2.24, 2.45) is 0 Å². The molecule has 1 heterocycles. The third-order valence-electron chi connectivity index (χ3n) is 2.71. The van der Waals surface area contributed by atoms with Crippen molar-refractivity contribution in [1.82, 2.24) is 0 Å². The zero-order chi connectivity index (χ0) is 11.5. The first-order valence-electron chi connectivity index (χ1n) is 5.31. The Bertz CT molecular complexity index is 400. The van der Waals surface area contributed by atoms with Crippen LogP contribution in [0.25, 0.3) is 0 Å². The lowest BCUT2D eigenvalue weighted by Gasteiger charge is -2.29. The SMILES string of the molecule is CC(=O)c1ccc(N2CCOCC2)cc1Br. The number of ether oxygens (including phenoxy) is 1. The van der Waals surface area contributed by atoms with Crippen molar-refractivity contribution >= 4 is 27.4 Å². The second-order valence-corrected chi connectivity index (χ2v) is 4.67. The molecule has 0 unspecified atom stereocenters. The number of nitrogens with zero attached hydrogens (tertiary/aromatic N) is 1. The summed E-state index contributed by atoms with van der Waals surface area (Å²) in [5, 5.41) is 0. The average molecular weight is 284 g/mol. The van der Waals surface area contributed by atoms with E-state index in [9.17, 15) is 4.79 Å². The van der Waals surface area contributed by atoms with E-state index < -0.39 is 0 Å². The molecule has 0 saturated carbocycles. The standard InChI is InChI=1S/C12H14BrNO2/c1-9(15)11-3-2-10(8-12(11)13)14-4-6-16-7-5-14/h2-3,8H,4-7H2,1H3. The maximum absolute atomic E-state index is 11.3. The molecule has 0 aliphatic carbocycles. The maximum Gasteiger partial charge on any atom is 0.160 e. The molecule has 1 saturated heterocycles. The molecule has 0 spiro atoms. The Morgan fingerprint density at radius 2 is 2.06 bits per heavy atom. The lowest BCUT2D eigenvalue weighted by atomic mass is 10.1. The Kier molecular flexibility index (Phi) is 3.61. The van der Waals surface area contributed by atoms with Gasteiger partial charge < -0.3 is 9.64 Å². The van der Waals surface area contributed by atoms with E-state index in [1.807, 2.05) is 18.2 Å². The zero-order valence-electron chi connectivity index (χ0n) is 9.20. The molecule has 1 fully saturated rings. The van der Waals surface area contributed by atoms with Gasteiger partial charge >= 0.3 is 0 Å². The third kappa shape index (κ3) is 2.44. The van der Waals surface area contributed by atoms with Crippen LogP contribution in [-0.4, -0.2) is 32.1 Å². The highest BCUT2D eigenvalue weighted by Crippen LogP contribution is 2.25. The number of carbonyl (C=O) groups excluding carboxylic acids is 1. The normalized spacial score (nSPS) is 16.2. The van der Waals surface area contributed by atoms with Crippen LogP contribution in [0.5, 0.6) is 0 Å². The first kappa shape index (κ1) is 11.6. The van der Waals surface area contributed by atoms with Crippen LogP contribution in [0.1, 0.15) is 17.3 Å². The van der Waals surface area contributed by atoms with Crippen molar-refractivity contribution in [3.8, 4) is 0 Å². The second-order valence-electron chi connectivity index (χ2n) is 3.82. The number of benzene rings is 1. The van der Waals surface area contributed by atoms with Gasteiger partial charge in [-0.15, -0.1) is 0 Å². The first-order valence-corrected chi connectivity index (χ1v) is 6.11. The van der Waals surface area contributed by atoms with Crippen molar-refractivity contribution in [1.29, 1.82) is 0 Å². The largest absolute Gasteiger partial charge is 0.378 e. The van der Waals surface area contributed by atoms with Crippen molar-refractivity contribution in [2.45, 2.75) is 6.92 Å². The number of morpholine rings is 1. The molecule has 4 heteroatoms. The summed E-state index contributed by atoms with van der Waals surface area (Å²) < 4.78 is 6.17. The number of anilines is 1. The van der Waals surface area contributed by atoms with Crippen LogP contribution >= 0.6 is 15.9 Å². The predicted molar refractivity (Wildman–Crippen MR) is 67.2 cm³/mol. The molecule has 1 aliphatic rings. The molecule has 1 aliphatic heterocycles. The van der Waals surface area contributed by atoms with E-state index in [-0.39, 0.29) is 5.78 Å². The molecule has 0 radical (unpaired) electrons. The number of hydrogen-bond acceptors (Lipinski definition) is 3. The summed E-state index contributed by atoms with van der Waals surface area (Å²) in [6, 6.07) is 5.87. The molecule has 0 N–H and O–H groups in total. The molecule has 0 amide bonds. The number of rotatable bonds is 2. The van der Waals surface area contributed by atoms with Gasteiger partial charge in [0.1, 0.15) is 0 Å². The minimum Gasteiger partial charge on any atom is -0.378 e. The van der Waals surface area contributed by atoms with Crippen LogP contribution in [0.3, 0.4) is 0 Å². The molecular formula is C12H14BrNO2. The summed E-state index contributed by atoms with van der Waals surface area (Å²) in [6.07, 6.45) is 0. The van der Waals surface area contributed by atoms with Crippen LogP contribution in [0.2, 0.25) is 0 Å². The molecule has 0 bridgehead atoms. The Labute approximate surface area is 104 Å². The van der Waals surface area contributed by atoms with Gasteiger partial charge in [-0.2, -0.15) is 0 Å². The van der Waals surface area contributed by atoms with Crippen molar-refractivity contribution < 1.29 is 9.53 Å². The molecule has 86 valence electrons. The topological polar surface area (TPSA) is 29.5 Å². The fourth-order valence-corrected chi connectivity index (χ4v) is 2.45. The summed E-state index contributed by atoms with van der Waals surface area (Å²) in [5.74, 6) is 0.0837. The summed E-state index contributed by atoms with van der Waals surface area (Å²) in [6.45, 7) is 4.93. The fraction of sp³-hybridized carbons (Fsp3) is 0.417. The molecule has 2 rings (SSSR count). The van der Waals surface area contributed by atoms with Crippen molar-refractivity contribution in [2.75, 3.05) is 31.2 Å². The predicted octanol–water partition coefficient (Wildman–Crippen LogP) is 2.49. The minimum atomic E-state index is 0.0837. The molecule has 3 nitrogen and oxygen atoms in total. The highest BCUT2D eigenvalue weighted by atomic mass is 79.9. The minimum absolute atomic E-state index is 0.0837. The van der Waals surface area contributed by atoms with E-state index in [0.717, 1.165) is 42.0 Å². The monoisotopic (exact) mass is 283 g/mol. The Morgan fingerprint density at radius 3 is 2.62 bits per heavy atom. The van der Waals surface area contributed by atoms with E-state index >= 15 is 0 Å². The highest BCUT2D eigenvalue weighted by Gasteiger charge is 2.13. The molecule has 16 heavy (non-hydrogen) atoms. The number of Topliss-reactive ketones (excluding diaryl/α,β-unsaturated/α-hetero) is 1. The maximum atomic E-state index is 11.3. The molecule has 0 atom stereocenters. The molecule has 1 aromatic rings. The number of ketones is 1. The lowest BCUT2D eigenvalue weighted by molar-refractivity contribution is 0.101. The quantitative estimate of drug-likeness (QED) is 0.781. The summed E-state index contributed by atoms with van der Waals surface area (Å²) >= 11 is 3.44. The Balaban J connectivity index is 2.23. The van der Waals surface area contributed by atoms with Crippen LogP contribution in [0.15, 0.2) is 22.7 Å². The van der Waals surface area contributed by atoms with Gasteiger partial charge in [0.2, 0.25) is 0 Å². The molecule has 1 aromatic carbocycles. The van der Waals surface area contributed by atoms with Gasteiger partial charge in [-0.3, -0.25) is 4.79 Å². The van der Waals surface area contributed by atoms with Gasteiger partial charge in [-0.1, -0.05) is 0 Å². The van der Waals surface area contributed by atoms with E-state index in [2.05, 4.69) is 20.8 Å². The number of halogens is 1. The summed E-state index contributed by atoms with van der Waals surface area (Å²) in [7, 11) is 0. The van der Waals surface area contributed by atoms with Gasteiger partial charge in [0, 0.05) is 28.8 Å². The molecule has 0 aromatic heterocycles. The van der Waals surface area contributed by atoms with Crippen molar-refractivity contribution in [3.63, 3.8) is 0 Å². The van der Waals surface area contributed by atoms with E-state index in [0.29, 0.717) is 0 Å². The summed E-state index contributed by atoms with van der Waals surface area (Å²) in [4.78, 5) is 13.6. The smallest absolute Gasteiger partial charge is 0.160 e. The zero-order valence-corrected chi connectivity index (χ0v) is 10.8. The third-order valence-corrected chi connectivity index (χ3v) is 3.36. The van der Waals surface area contributed by atoms with Crippen LogP contribution in [0, 0.1) is 0 Å². The van der Waals surface area contributed by atoms with E-state index in [4.69, 9.17) is 4.74 Å². The van der Waals surface area contributed by atoms with Gasteiger partial charge in [0.15, 0.2) is 5.78 Å². The van der Waals surface area contributed by atoms with Crippen LogP contribution < -0.4 is 4.90 Å². The molecular weight excluding hydrogens is 270 g/mol. The van der Waals surface area contributed by atoms with Gasteiger partial charge in [0.05, 0.1) is 13.2 Å². The van der Waals surface area contributed by atoms with Gasteiger partial charge in [0.25, 0.3) is 0 Å². The average Bonchev–Trinajstić information content (AvgIpc) is 2.29. The second kappa shape index (κ2) is 4.97. The fourth-order valence-electron chi connectivity index (χ4n) is 1.81.